The fourth-order valence-electron chi connectivity index (χ4n) is 12.4. The summed E-state index contributed by atoms with van der Waals surface area (Å²) in [4.78, 5) is 107. The summed E-state index contributed by atoms with van der Waals surface area (Å²) in [5, 5.41) is 42.2. The number of anilines is 12. The van der Waals surface area contributed by atoms with Gasteiger partial charge in [-0.2, -0.15) is 40.4 Å². The van der Waals surface area contributed by atoms with Crippen LogP contribution in [0, 0.1) is 17.5 Å². The average molecular weight is 2070 g/mol. The zero-order valence-electron chi connectivity index (χ0n) is 69.5. The van der Waals surface area contributed by atoms with Crippen molar-refractivity contribution in [3.63, 3.8) is 0 Å². The molecule has 0 spiro atoms. The smallest absolute Gasteiger partial charge is 0.334 e. The molecule has 6 aromatic carbocycles. The third kappa shape index (κ3) is 24.9. The van der Waals surface area contributed by atoms with Crippen molar-refractivity contribution in [1.29, 1.82) is 0 Å². The SMILES string of the molecule is CNc1cccc(C2=NN(c3c(F)cc(NC(=O)NS(=O)(=O)c4ccc(Cl)s4)cc3F)C(=O)C2)c1.CNc1cccc(C2=NN(c3ccc(NC(=O)NS(=O)(=O)c4ccc(Cl)s4)cc3F)C(=O)C2)c1.CNc1cccc(C2=NN(c3ccc(NC(=O)NS(=O)(=O)c4ccc(Cl)s4)cn3)C(=O)C2)c1.CNc1cccc(C2=NN(c3ccc(NC(=O)NS(=O)(=O)c4ccc(Cl)s4)nc3)C(=O)C2)c1. The van der Waals surface area contributed by atoms with Crippen LogP contribution in [-0.4, -0.2) is 142 Å². The number of thiophene rings is 4. The molecule has 0 bridgehead atoms. The van der Waals surface area contributed by atoms with Crippen LogP contribution in [0.3, 0.4) is 0 Å². The quantitative estimate of drug-likeness (QED) is 0.0267. The normalized spacial score (nSPS) is 13.6. The number of hydrogen-bond acceptors (Lipinski definition) is 30. The lowest BCUT2D eigenvalue weighted by Gasteiger charge is -2.15. The van der Waals surface area contributed by atoms with E-state index < -0.39 is 99.2 Å². The highest BCUT2D eigenvalue weighted by atomic mass is 35.5. The van der Waals surface area contributed by atoms with Gasteiger partial charge < -0.3 is 37.2 Å². The van der Waals surface area contributed by atoms with E-state index in [4.69, 9.17) is 46.4 Å². The Morgan fingerprint density at radius 2 is 0.667 bits per heavy atom. The predicted molar refractivity (Wildman–Crippen MR) is 514 cm³/mol. The van der Waals surface area contributed by atoms with Crippen LogP contribution in [0.4, 0.5) is 101 Å². The first-order valence-electron chi connectivity index (χ1n) is 38.6. The number of benzene rings is 6. The largest absolute Gasteiger partial charge is 0.388 e. The maximum atomic E-state index is 14.8. The van der Waals surface area contributed by atoms with Crippen molar-refractivity contribution in [3.8, 4) is 0 Å². The zero-order chi connectivity index (χ0) is 97.0. The van der Waals surface area contributed by atoms with Crippen molar-refractivity contribution in [3.05, 3.63) is 270 Å². The van der Waals surface area contributed by atoms with Crippen LogP contribution in [0.15, 0.2) is 250 Å². The lowest BCUT2D eigenvalue weighted by Crippen LogP contribution is -2.34. The Morgan fingerprint density at radius 3 is 1.02 bits per heavy atom. The number of pyridine rings is 2. The maximum absolute atomic E-state index is 14.8. The van der Waals surface area contributed by atoms with Gasteiger partial charge in [-0.25, -0.2) is 94.9 Å². The highest BCUT2D eigenvalue weighted by Gasteiger charge is 2.35. The molecular formula is C82H67Cl4F3N22O16S8. The number of carbonyl (C=O) groups excluding carboxylic acids is 8. The van der Waals surface area contributed by atoms with Crippen molar-refractivity contribution in [2.45, 2.75) is 42.5 Å². The third-order valence-electron chi connectivity index (χ3n) is 18.6. The molecule has 0 atom stereocenters. The third-order valence-corrected chi connectivity index (χ3v) is 30.8. The molecule has 0 fully saturated rings. The molecule has 0 saturated carbocycles. The van der Waals surface area contributed by atoms with E-state index in [0.29, 0.717) is 39.1 Å². The van der Waals surface area contributed by atoms with Crippen molar-refractivity contribution in [2.75, 3.05) is 90.8 Å². The van der Waals surface area contributed by atoms with Crippen LogP contribution in [0.1, 0.15) is 47.9 Å². The first kappa shape index (κ1) is 98.5. The minimum Gasteiger partial charge on any atom is -0.388 e. The van der Waals surface area contributed by atoms with E-state index in [0.717, 1.165) is 108 Å². The van der Waals surface area contributed by atoms with Gasteiger partial charge >= 0.3 is 24.1 Å². The standard InChI is InChI=1S/C21H16ClF2N5O4S2.C21H17ClFN5O4S2.2C20H17ClN6O4S2/c1-25-12-4-2-3-11(7-12)16-10-18(30)29(27-16)20-14(23)8-13(9-15(20)24)26-21(31)28-35(32,33)19-6-5-17(22)34-19;1-24-13-4-2-3-12(9-13)16-11-19(29)28(26-16)17-6-5-14(10-15(17)23)25-21(30)27-34(31,32)20-8-7-18(22)33-20;1-22-13-4-2-3-12(9-13)15-10-18(28)27(25-15)14-5-7-17(23-11-14)24-20(29)26-33(30,31)19-8-6-16(21)32-19;1-22-13-4-2-3-12(9-13)15-10-18(28)27(25-15)17-7-5-14(11-23-17)24-20(29)26-33(30,31)19-8-6-16(21)32-19/h2-9,25H,10H2,1H3,(H2,26,28,31);2-10,24H,11H2,1H3,(H2,25,27,30);2-9,11,22H,10H2,1H3,(H2,23,24,26,29);2-9,11,22H,10H2,1H3,(H2,24,26,29). The van der Waals surface area contributed by atoms with Crippen molar-refractivity contribution in [1.82, 2.24) is 28.9 Å². The van der Waals surface area contributed by atoms with Gasteiger partial charge in [0, 0.05) is 84.6 Å². The van der Waals surface area contributed by atoms with E-state index in [-0.39, 0.29) is 106 Å². The number of carbonyl (C=O) groups is 8. The molecule has 10 heterocycles. The van der Waals surface area contributed by atoms with E-state index in [9.17, 15) is 85.2 Å². The van der Waals surface area contributed by atoms with Crippen molar-refractivity contribution < 1.29 is 85.2 Å². The molecule has 698 valence electrons. The number of hydrogen-bond donors (Lipinski definition) is 12. The zero-order valence-corrected chi connectivity index (χ0v) is 79.0. The number of hydrazone groups is 4. The monoisotopic (exact) mass is 2070 g/mol. The summed E-state index contributed by atoms with van der Waals surface area (Å²) in [7, 11) is -9.37. The van der Waals surface area contributed by atoms with Gasteiger partial charge in [-0.05, 0) is 152 Å². The fourth-order valence-corrected chi connectivity index (χ4v) is 21.9. The first-order chi connectivity index (χ1) is 64.2. The number of urea groups is 4. The topological polar surface area (TPSA) is 506 Å². The van der Waals surface area contributed by atoms with Crippen molar-refractivity contribution in [2.24, 2.45) is 20.4 Å². The lowest BCUT2D eigenvalue weighted by molar-refractivity contribution is -0.117. The number of rotatable bonds is 24. The Labute approximate surface area is 801 Å². The van der Waals surface area contributed by atoms with Gasteiger partial charge in [0.15, 0.2) is 23.3 Å². The molecule has 12 amide bonds. The summed E-state index contributed by atoms with van der Waals surface area (Å²) >= 11 is 26.1. The van der Waals surface area contributed by atoms with Crippen LogP contribution in [0.25, 0.3) is 0 Å². The Kier molecular flexibility index (Phi) is 31.0. The molecular weight excluding hydrogens is 2000 g/mol. The summed E-state index contributed by atoms with van der Waals surface area (Å²) in [5.74, 6) is -4.36. The molecule has 135 heavy (non-hydrogen) atoms. The van der Waals surface area contributed by atoms with E-state index >= 15 is 0 Å². The Morgan fingerprint density at radius 1 is 0.333 bits per heavy atom. The fraction of sp³-hybridized carbons (Fsp3) is 0.0976. The molecule has 16 rings (SSSR count). The van der Waals surface area contributed by atoms with E-state index in [2.05, 4.69) is 67.6 Å². The molecule has 12 aromatic rings. The summed E-state index contributed by atoms with van der Waals surface area (Å²) in [6.07, 6.45) is 2.75. The molecule has 0 unspecified atom stereocenters. The van der Waals surface area contributed by atoms with Gasteiger partial charge in [0.05, 0.1) is 89.6 Å². The van der Waals surface area contributed by atoms with E-state index in [1.165, 1.54) is 101 Å². The summed E-state index contributed by atoms with van der Waals surface area (Å²) < 4.78 is 150. The second kappa shape index (κ2) is 42.5. The predicted octanol–water partition coefficient (Wildman–Crippen LogP) is 15.6. The summed E-state index contributed by atoms with van der Waals surface area (Å²) in [5.41, 5.74) is 7.87. The molecule has 0 radical (unpaired) electrons. The molecule has 0 aliphatic carbocycles. The van der Waals surface area contributed by atoms with Gasteiger partial charge in [-0.1, -0.05) is 94.9 Å². The Hall–Kier alpha value is -14.0. The molecule has 38 nitrogen and oxygen atoms in total. The molecule has 0 saturated heterocycles. The Balaban J connectivity index is 0.000000152. The van der Waals surface area contributed by atoms with Crippen LogP contribution in [0.5, 0.6) is 0 Å². The van der Waals surface area contributed by atoms with Crippen molar-refractivity contribution >= 4 is 271 Å². The maximum Gasteiger partial charge on any atom is 0.334 e. The number of nitrogens with one attached hydrogen (secondary N) is 12. The minimum absolute atomic E-state index is 0.000386. The molecule has 6 aromatic heterocycles. The number of amides is 12. The van der Waals surface area contributed by atoms with Gasteiger partial charge in [-0.15, -0.1) is 45.3 Å². The number of nitrogens with zero attached hydrogens (tertiary/aromatic N) is 10. The minimum atomic E-state index is -4.24. The second-order valence-electron chi connectivity index (χ2n) is 27.8. The molecule has 12 N–H and O–H groups in total. The molecule has 4 aliphatic heterocycles. The van der Waals surface area contributed by atoms with Crippen LogP contribution in [-0.2, 0) is 59.3 Å². The number of halogens is 7. The second-order valence-corrected chi connectivity index (χ2v) is 42.3. The molecule has 53 heteroatoms. The van der Waals surface area contributed by atoms with Crippen LogP contribution >= 0.6 is 91.8 Å². The lowest BCUT2D eigenvalue weighted by atomic mass is 10.1. The van der Waals surface area contributed by atoms with Gasteiger partial charge in [0.25, 0.3) is 63.7 Å². The summed E-state index contributed by atoms with van der Waals surface area (Å²) in [6.45, 7) is 0. The van der Waals surface area contributed by atoms with Crippen LogP contribution in [0.2, 0.25) is 17.3 Å². The van der Waals surface area contributed by atoms with E-state index in [1.54, 1.807) is 62.3 Å². The first-order valence-corrected chi connectivity index (χ1v) is 49.3. The van der Waals surface area contributed by atoms with Gasteiger partial charge in [0.2, 0.25) is 0 Å². The van der Waals surface area contributed by atoms with E-state index in [1.807, 2.05) is 93.3 Å². The number of aromatic nitrogens is 2. The number of sulfonamides is 4. The average Bonchev–Trinajstić information content (AvgIpc) is 1.67. The highest BCUT2D eigenvalue weighted by molar-refractivity contribution is 7.93. The Bertz CT molecular complexity index is 7090. The highest BCUT2D eigenvalue weighted by Crippen LogP contribution is 2.36. The molecule has 4 aliphatic rings. The van der Waals surface area contributed by atoms with Crippen LogP contribution < -0.4 is 81.5 Å². The van der Waals surface area contributed by atoms with Gasteiger partial charge in [0.1, 0.15) is 34.0 Å². The van der Waals surface area contributed by atoms with Gasteiger partial charge in [-0.3, -0.25) is 24.5 Å². The summed E-state index contributed by atoms with van der Waals surface area (Å²) in [6, 6.07) is 46.8.